The van der Waals surface area contributed by atoms with Crippen LogP contribution >= 0.6 is 0 Å². The Morgan fingerprint density at radius 1 is 1.03 bits per heavy atom. The molecule has 8 nitrogen and oxygen atoms in total. The molecule has 0 bridgehead atoms. The van der Waals surface area contributed by atoms with Crippen molar-refractivity contribution in [1.82, 2.24) is 14.5 Å². The van der Waals surface area contributed by atoms with Crippen LogP contribution in [0, 0.1) is 6.92 Å². The van der Waals surface area contributed by atoms with E-state index >= 15 is 0 Å². The summed E-state index contributed by atoms with van der Waals surface area (Å²) >= 11 is 0. The van der Waals surface area contributed by atoms with Crippen LogP contribution in [-0.2, 0) is 0 Å². The van der Waals surface area contributed by atoms with E-state index in [1.165, 1.54) is 0 Å². The van der Waals surface area contributed by atoms with Crippen LogP contribution in [0.1, 0.15) is 24.4 Å². The summed E-state index contributed by atoms with van der Waals surface area (Å²) in [7, 11) is 3.23. The first-order chi connectivity index (χ1) is 15.1. The Morgan fingerprint density at radius 3 is 2.52 bits per heavy atom. The Kier molecular flexibility index (Phi) is 4.77. The number of rotatable bonds is 4. The van der Waals surface area contributed by atoms with E-state index in [0.29, 0.717) is 17.1 Å². The number of fused-ring (bicyclic) bond motifs is 2. The van der Waals surface area contributed by atoms with Gasteiger partial charge in [-0.1, -0.05) is 6.07 Å². The summed E-state index contributed by atoms with van der Waals surface area (Å²) in [6.45, 7) is 3.54. The number of oxazole rings is 1. The normalized spacial score (nSPS) is 15.0. The SMILES string of the molecule is COc1cc2ncnc(N3CCC(n4c(=O)oc5cc(C)ccc54)CC3)c2cc1OC. The molecule has 0 atom stereocenters. The summed E-state index contributed by atoms with van der Waals surface area (Å²) in [6.07, 6.45) is 3.22. The predicted molar refractivity (Wildman–Crippen MR) is 118 cm³/mol. The molecule has 0 spiro atoms. The lowest BCUT2D eigenvalue weighted by molar-refractivity contribution is 0.355. The van der Waals surface area contributed by atoms with Crippen LogP contribution in [0.15, 0.2) is 45.9 Å². The molecule has 5 rings (SSSR count). The second-order valence-corrected chi connectivity index (χ2v) is 7.85. The maximum absolute atomic E-state index is 12.5. The molecule has 0 amide bonds. The van der Waals surface area contributed by atoms with Gasteiger partial charge in [0.1, 0.15) is 12.1 Å². The van der Waals surface area contributed by atoms with Gasteiger partial charge in [-0.2, -0.15) is 0 Å². The van der Waals surface area contributed by atoms with Crippen molar-refractivity contribution in [3.8, 4) is 11.5 Å². The largest absolute Gasteiger partial charge is 0.493 e. The Morgan fingerprint density at radius 2 is 1.77 bits per heavy atom. The van der Waals surface area contributed by atoms with Crippen LogP contribution in [0.2, 0.25) is 0 Å². The highest BCUT2D eigenvalue weighted by Gasteiger charge is 2.26. The van der Waals surface area contributed by atoms with Gasteiger partial charge in [-0.05, 0) is 43.5 Å². The summed E-state index contributed by atoms with van der Waals surface area (Å²) in [5.74, 6) is 1.86. The van der Waals surface area contributed by atoms with Crippen LogP contribution in [0.3, 0.4) is 0 Å². The molecule has 0 saturated carbocycles. The van der Waals surface area contributed by atoms with Gasteiger partial charge >= 0.3 is 5.76 Å². The smallest absolute Gasteiger partial charge is 0.420 e. The van der Waals surface area contributed by atoms with Gasteiger partial charge < -0.3 is 18.8 Å². The van der Waals surface area contributed by atoms with Crippen molar-refractivity contribution in [3.05, 3.63) is 52.8 Å². The molecule has 8 heteroatoms. The molecule has 1 saturated heterocycles. The lowest BCUT2D eigenvalue weighted by Crippen LogP contribution is -2.37. The molecule has 2 aromatic heterocycles. The maximum atomic E-state index is 12.5. The fraction of sp³-hybridized carbons (Fsp3) is 0.348. The summed E-state index contributed by atoms with van der Waals surface area (Å²) in [5, 5.41) is 0.917. The highest BCUT2D eigenvalue weighted by Crippen LogP contribution is 2.36. The Balaban J connectivity index is 1.44. The third-order valence-electron chi connectivity index (χ3n) is 6.02. The maximum Gasteiger partial charge on any atom is 0.420 e. The third-order valence-corrected chi connectivity index (χ3v) is 6.02. The van der Waals surface area contributed by atoms with Crippen molar-refractivity contribution in [2.75, 3.05) is 32.2 Å². The van der Waals surface area contributed by atoms with E-state index < -0.39 is 0 Å². The van der Waals surface area contributed by atoms with Gasteiger partial charge in [0.15, 0.2) is 17.1 Å². The van der Waals surface area contributed by atoms with Crippen molar-refractivity contribution in [2.45, 2.75) is 25.8 Å². The van der Waals surface area contributed by atoms with Gasteiger partial charge in [-0.15, -0.1) is 0 Å². The molecule has 0 radical (unpaired) electrons. The van der Waals surface area contributed by atoms with E-state index in [-0.39, 0.29) is 11.8 Å². The molecular formula is C23H24N4O4. The van der Waals surface area contributed by atoms with E-state index in [1.807, 2.05) is 37.3 Å². The van der Waals surface area contributed by atoms with Crippen molar-refractivity contribution < 1.29 is 13.9 Å². The molecule has 4 aromatic rings. The van der Waals surface area contributed by atoms with E-state index in [9.17, 15) is 4.79 Å². The minimum atomic E-state index is -0.289. The minimum absolute atomic E-state index is 0.0930. The topological polar surface area (TPSA) is 82.6 Å². The highest BCUT2D eigenvalue weighted by atomic mass is 16.5. The van der Waals surface area contributed by atoms with Crippen molar-refractivity contribution >= 4 is 27.8 Å². The van der Waals surface area contributed by atoms with Gasteiger partial charge in [0.25, 0.3) is 0 Å². The van der Waals surface area contributed by atoms with Crippen LogP contribution < -0.4 is 20.1 Å². The molecule has 2 aromatic carbocycles. The van der Waals surface area contributed by atoms with Crippen LogP contribution in [0.25, 0.3) is 22.0 Å². The Labute approximate surface area is 179 Å². The summed E-state index contributed by atoms with van der Waals surface area (Å²) in [5.41, 5.74) is 3.39. The number of aryl methyl sites for hydroxylation is 1. The molecule has 1 fully saturated rings. The molecule has 160 valence electrons. The van der Waals surface area contributed by atoms with Crippen molar-refractivity contribution in [2.24, 2.45) is 0 Å². The van der Waals surface area contributed by atoms with E-state index in [0.717, 1.165) is 53.7 Å². The van der Waals surface area contributed by atoms with Gasteiger partial charge in [0.05, 0.1) is 25.3 Å². The molecule has 1 aliphatic heterocycles. The lowest BCUT2D eigenvalue weighted by atomic mass is 10.0. The zero-order chi connectivity index (χ0) is 21.5. The summed E-state index contributed by atoms with van der Waals surface area (Å²) in [6, 6.07) is 9.78. The molecule has 0 N–H and O–H groups in total. The van der Waals surface area contributed by atoms with Crippen LogP contribution in [0.5, 0.6) is 11.5 Å². The van der Waals surface area contributed by atoms with E-state index in [1.54, 1.807) is 25.1 Å². The molecule has 1 aliphatic rings. The van der Waals surface area contributed by atoms with E-state index in [4.69, 9.17) is 13.9 Å². The number of hydrogen-bond acceptors (Lipinski definition) is 7. The van der Waals surface area contributed by atoms with Gasteiger partial charge in [-0.3, -0.25) is 4.57 Å². The number of piperidine rings is 1. The number of nitrogens with zero attached hydrogens (tertiary/aromatic N) is 4. The molecule has 0 aliphatic carbocycles. The van der Waals surface area contributed by atoms with Gasteiger partial charge in [0, 0.05) is 30.6 Å². The van der Waals surface area contributed by atoms with Crippen LogP contribution in [-0.4, -0.2) is 41.8 Å². The zero-order valence-electron chi connectivity index (χ0n) is 17.8. The van der Waals surface area contributed by atoms with Crippen molar-refractivity contribution in [3.63, 3.8) is 0 Å². The first-order valence-electron chi connectivity index (χ1n) is 10.3. The molecule has 3 heterocycles. The average Bonchev–Trinajstić information content (AvgIpc) is 3.12. The first-order valence-corrected chi connectivity index (χ1v) is 10.3. The number of benzene rings is 2. The summed E-state index contributed by atoms with van der Waals surface area (Å²) < 4.78 is 18.2. The Hall–Kier alpha value is -3.55. The van der Waals surface area contributed by atoms with E-state index in [2.05, 4.69) is 14.9 Å². The highest BCUT2D eigenvalue weighted by molar-refractivity contribution is 5.92. The number of aromatic nitrogens is 3. The predicted octanol–water partition coefficient (Wildman–Crippen LogP) is 3.70. The number of hydrogen-bond donors (Lipinski definition) is 0. The standard InChI is InChI=1S/C23H24N4O4/c1-14-4-5-18-19(10-14)31-23(28)27(18)15-6-8-26(9-7-15)22-16-11-20(29-2)21(30-3)12-17(16)24-13-25-22/h4-5,10-13,15H,6-9H2,1-3H3. The molecule has 0 unspecified atom stereocenters. The second-order valence-electron chi connectivity index (χ2n) is 7.85. The average molecular weight is 420 g/mol. The quantitative estimate of drug-likeness (QED) is 0.498. The first kappa shape index (κ1) is 19.4. The fourth-order valence-corrected chi connectivity index (χ4v) is 4.45. The number of anilines is 1. The molecular weight excluding hydrogens is 396 g/mol. The van der Waals surface area contributed by atoms with Gasteiger partial charge in [0.2, 0.25) is 0 Å². The van der Waals surface area contributed by atoms with Crippen LogP contribution in [0.4, 0.5) is 5.82 Å². The number of ether oxygens (including phenoxy) is 2. The zero-order valence-corrected chi connectivity index (χ0v) is 17.8. The lowest BCUT2D eigenvalue weighted by Gasteiger charge is -2.33. The van der Waals surface area contributed by atoms with Gasteiger partial charge in [-0.25, -0.2) is 14.8 Å². The second kappa shape index (κ2) is 7.61. The van der Waals surface area contributed by atoms with Crippen molar-refractivity contribution in [1.29, 1.82) is 0 Å². The third kappa shape index (κ3) is 3.28. The molecule has 31 heavy (non-hydrogen) atoms. The number of methoxy groups -OCH3 is 2. The summed E-state index contributed by atoms with van der Waals surface area (Å²) in [4.78, 5) is 23.7. The monoisotopic (exact) mass is 420 g/mol. The minimum Gasteiger partial charge on any atom is -0.493 e. The Bertz CT molecular complexity index is 1320. The fourth-order valence-electron chi connectivity index (χ4n) is 4.45.